The van der Waals surface area contributed by atoms with Crippen LogP contribution in [0, 0.1) is 5.92 Å². The van der Waals surface area contributed by atoms with Crippen molar-refractivity contribution in [3.8, 4) is 0 Å². The molecule has 0 fully saturated rings. The monoisotopic (exact) mass is 363 g/mol. The predicted octanol–water partition coefficient (Wildman–Crippen LogP) is 2.05. The zero-order valence-electron chi connectivity index (χ0n) is 13.2. The molecule has 1 rings (SSSR count). The second-order valence-electron chi connectivity index (χ2n) is 5.44. The van der Waals surface area contributed by atoms with Crippen LogP contribution in [0.15, 0.2) is 24.3 Å². The highest BCUT2D eigenvalue weighted by atomic mass is 32.2. The van der Waals surface area contributed by atoms with Gasteiger partial charge in [0.15, 0.2) is 0 Å². The molecule has 134 valence electrons. The Kier molecular flexibility index (Phi) is 6.82. The molecule has 0 radical (unpaired) electrons. The third-order valence-corrected chi connectivity index (χ3v) is 4.90. The number of amides is 1. The second kappa shape index (κ2) is 8.18. The Morgan fingerprint density at radius 1 is 1.21 bits per heavy atom. The van der Waals surface area contributed by atoms with Crippen molar-refractivity contribution >= 4 is 21.7 Å². The summed E-state index contributed by atoms with van der Waals surface area (Å²) < 4.78 is 47.0. The topological polar surface area (TPSA) is 101 Å². The fourth-order valence-corrected chi connectivity index (χ4v) is 2.74. The number of hydrogen-bond donors (Lipinski definition) is 2. The number of rotatable bonds is 8. The summed E-state index contributed by atoms with van der Waals surface area (Å²) in [5.41, 5.74) is 0.228. The normalized spacial score (nSPS) is 14.2. The highest BCUT2D eigenvalue weighted by Crippen LogP contribution is 2.15. The molecule has 0 saturated carbocycles. The third-order valence-electron chi connectivity index (χ3n) is 3.62. The van der Waals surface area contributed by atoms with Gasteiger partial charge >= 0.3 is 11.7 Å². The summed E-state index contributed by atoms with van der Waals surface area (Å²) in [6, 6.07) is 3.96. The van der Waals surface area contributed by atoms with Crippen LogP contribution in [0.3, 0.4) is 0 Å². The van der Waals surface area contributed by atoms with Crippen molar-refractivity contribution in [1.29, 1.82) is 0 Å². The number of halogens is 2. The Morgan fingerprint density at radius 3 is 2.17 bits per heavy atom. The van der Waals surface area contributed by atoms with Gasteiger partial charge in [-0.1, -0.05) is 32.4 Å². The van der Waals surface area contributed by atoms with E-state index in [0.717, 1.165) is 0 Å². The molecular weight excluding hydrogens is 344 g/mol. The summed E-state index contributed by atoms with van der Waals surface area (Å²) in [7, 11) is -4.54. The lowest BCUT2D eigenvalue weighted by Crippen LogP contribution is -2.45. The number of carboxylic acids is 1. The van der Waals surface area contributed by atoms with E-state index in [1.165, 1.54) is 24.3 Å². The molecule has 0 aliphatic rings. The lowest BCUT2D eigenvalue weighted by Gasteiger charge is -2.20. The number of hydrogen-bond acceptors (Lipinski definition) is 4. The molecule has 9 heteroatoms. The molecule has 0 bridgehead atoms. The summed E-state index contributed by atoms with van der Waals surface area (Å²) >= 11 is 0. The van der Waals surface area contributed by atoms with Crippen LogP contribution in [0.5, 0.6) is 0 Å². The lowest BCUT2D eigenvalue weighted by atomic mass is 9.99. The molecule has 0 heterocycles. The van der Waals surface area contributed by atoms with Crippen LogP contribution >= 0.6 is 0 Å². The van der Waals surface area contributed by atoms with E-state index in [0.29, 0.717) is 6.42 Å². The smallest absolute Gasteiger partial charge is 0.337 e. The zero-order chi connectivity index (χ0) is 18.5. The van der Waals surface area contributed by atoms with Crippen molar-refractivity contribution in [3.63, 3.8) is 0 Å². The molecule has 1 aromatic carbocycles. The van der Waals surface area contributed by atoms with E-state index >= 15 is 0 Å². The fourth-order valence-electron chi connectivity index (χ4n) is 1.96. The second-order valence-corrected chi connectivity index (χ2v) is 7.41. The molecule has 0 saturated heterocycles. The Labute approximate surface area is 138 Å². The van der Waals surface area contributed by atoms with Crippen LogP contribution in [-0.4, -0.2) is 37.2 Å². The van der Waals surface area contributed by atoms with Crippen LogP contribution in [0.1, 0.15) is 36.2 Å². The first-order valence-corrected chi connectivity index (χ1v) is 8.92. The Balaban J connectivity index is 2.85. The first-order chi connectivity index (χ1) is 11.1. The van der Waals surface area contributed by atoms with Gasteiger partial charge in [0.1, 0.15) is 6.04 Å². The van der Waals surface area contributed by atoms with Gasteiger partial charge in [-0.05, 0) is 23.6 Å². The molecule has 0 aromatic heterocycles. The van der Waals surface area contributed by atoms with E-state index < -0.39 is 39.3 Å². The quantitative estimate of drug-likeness (QED) is 0.736. The number of nitrogens with one attached hydrogen (secondary N) is 1. The zero-order valence-corrected chi connectivity index (χ0v) is 14.0. The summed E-state index contributed by atoms with van der Waals surface area (Å²) in [5.74, 6) is -6.37. The van der Waals surface area contributed by atoms with Crippen LogP contribution in [-0.2, 0) is 20.4 Å². The Morgan fingerprint density at radius 2 is 1.75 bits per heavy atom. The standard InChI is InChI=1S/C15H19F2NO5S/c1-3-9(2)12(14(20)21)18-13(19)11-6-4-10(5-7-11)8-24(22,23)15(16)17/h4-7,9,12,15H,3,8H2,1-2H3,(H,18,19)(H,20,21)/t9-,12-/m0/s1. The maximum Gasteiger partial charge on any atom is 0.337 e. The summed E-state index contributed by atoms with van der Waals surface area (Å²) in [4.78, 5) is 23.3. The molecule has 0 aliphatic carbocycles. The van der Waals surface area contributed by atoms with E-state index in [2.05, 4.69) is 5.32 Å². The van der Waals surface area contributed by atoms with E-state index in [4.69, 9.17) is 5.11 Å². The Hall–Kier alpha value is -2.03. The molecule has 0 unspecified atom stereocenters. The summed E-state index contributed by atoms with van der Waals surface area (Å²) in [6.07, 6.45) is 0.557. The van der Waals surface area contributed by atoms with Gasteiger partial charge in [-0.15, -0.1) is 0 Å². The van der Waals surface area contributed by atoms with Crippen molar-refractivity contribution < 1.29 is 31.9 Å². The highest BCUT2D eigenvalue weighted by molar-refractivity contribution is 7.90. The average molecular weight is 363 g/mol. The summed E-state index contributed by atoms with van der Waals surface area (Å²) in [5, 5.41) is 11.5. The van der Waals surface area contributed by atoms with Gasteiger partial charge < -0.3 is 10.4 Å². The number of carbonyl (C=O) groups is 2. The third kappa shape index (κ3) is 5.26. The van der Waals surface area contributed by atoms with Gasteiger partial charge in [0.05, 0.1) is 5.75 Å². The van der Waals surface area contributed by atoms with Gasteiger partial charge in [0.25, 0.3) is 5.91 Å². The lowest BCUT2D eigenvalue weighted by molar-refractivity contribution is -0.140. The first-order valence-electron chi connectivity index (χ1n) is 7.20. The van der Waals surface area contributed by atoms with Gasteiger partial charge in [-0.25, -0.2) is 13.2 Å². The number of alkyl halides is 2. The van der Waals surface area contributed by atoms with Crippen LogP contribution < -0.4 is 5.32 Å². The minimum Gasteiger partial charge on any atom is -0.480 e. The van der Waals surface area contributed by atoms with E-state index in [1.807, 2.05) is 0 Å². The number of carboxylic acid groups (broad SMARTS) is 1. The number of sulfone groups is 1. The average Bonchev–Trinajstić information content (AvgIpc) is 2.51. The van der Waals surface area contributed by atoms with Crippen LogP contribution in [0.2, 0.25) is 0 Å². The van der Waals surface area contributed by atoms with Crippen LogP contribution in [0.25, 0.3) is 0 Å². The van der Waals surface area contributed by atoms with Gasteiger partial charge in [-0.3, -0.25) is 4.79 Å². The van der Waals surface area contributed by atoms with Gasteiger partial charge in [0.2, 0.25) is 9.84 Å². The number of carbonyl (C=O) groups excluding carboxylic acids is 1. The van der Waals surface area contributed by atoms with Gasteiger partial charge in [0, 0.05) is 5.56 Å². The van der Waals surface area contributed by atoms with Crippen LogP contribution in [0.4, 0.5) is 8.78 Å². The van der Waals surface area contributed by atoms with Crippen molar-refractivity contribution in [2.75, 3.05) is 0 Å². The molecule has 0 spiro atoms. The first kappa shape index (κ1) is 20.0. The minimum absolute atomic E-state index is 0.114. The largest absolute Gasteiger partial charge is 0.480 e. The van der Waals surface area contributed by atoms with E-state index in [-0.39, 0.29) is 17.0 Å². The van der Waals surface area contributed by atoms with Crippen molar-refractivity contribution in [2.24, 2.45) is 5.92 Å². The fraction of sp³-hybridized carbons (Fsp3) is 0.467. The molecule has 2 atom stereocenters. The van der Waals surface area contributed by atoms with E-state index in [1.54, 1.807) is 13.8 Å². The number of benzene rings is 1. The molecule has 24 heavy (non-hydrogen) atoms. The maximum absolute atomic E-state index is 12.3. The van der Waals surface area contributed by atoms with Gasteiger partial charge in [-0.2, -0.15) is 8.78 Å². The molecule has 0 aliphatic heterocycles. The molecule has 1 amide bonds. The maximum atomic E-state index is 12.3. The predicted molar refractivity (Wildman–Crippen MR) is 83.4 cm³/mol. The molecule has 2 N–H and O–H groups in total. The molecule has 1 aromatic rings. The van der Waals surface area contributed by atoms with Crippen molar-refractivity contribution in [2.45, 2.75) is 37.8 Å². The van der Waals surface area contributed by atoms with Crippen molar-refractivity contribution in [1.82, 2.24) is 5.32 Å². The molecular formula is C15H19F2NO5S. The van der Waals surface area contributed by atoms with E-state index in [9.17, 15) is 26.8 Å². The van der Waals surface area contributed by atoms with Crippen molar-refractivity contribution in [3.05, 3.63) is 35.4 Å². The minimum atomic E-state index is -4.54. The summed E-state index contributed by atoms with van der Waals surface area (Å²) in [6.45, 7) is 3.49. The Bertz CT molecular complexity index is 688. The number of aliphatic carboxylic acids is 1. The highest BCUT2D eigenvalue weighted by Gasteiger charge is 2.26. The SMILES string of the molecule is CC[C@H](C)[C@H](NC(=O)c1ccc(CS(=O)(=O)C(F)F)cc1)C(=O)O. The molecule has 6 nitrogen and oxygen atoms in total.